The van der Waals surface area contributed by atoms with Gasteiger partial charge in [0.15, 0.2) is 0 Å². The molecular formula is C21H23N3. The van der Waals surface area contributed by atoms with Crippen molar-refractivity contribution in [3.63, 3.8) is 0 Å². The van der Waals surface area contributed by atoms with E-state index in [4.69, 9.17) is 5.73 Å². The average molecular weight is 317 g/mol. The lowest BCUT2D eigenvalue weighted by Gasteiger charge is -2.18. The number of nitrogen functional groups attached to an aromatic ring is 1. The lowest BCUT2D eigenvalue weighted by molar-refractivity contribution is 1.02. The van der Waals surface area contributed by atoms with Gasteiger partial charge in [-0.3, -0.25) is 4.98 Å². The van der Waals surface area contributed by atoms with Gasteiger partial charge in [0, 0.05) is 28.2 Å². The lowest BCUT2D eigenvalue weighted by atomic mass is 9.93. The van der Waals surface area contributed by atoms with Gasteiger partial charge in [-0.2, -0.15) is 0 Å². The molecule has 0 saturated carbocycles. The Morgan fingerprint density at radius 3 is 2.21 bits per heavy atom. The fourth-order valence-corrected chi connectivity index (χ4v) is 3.06. The molecule has 3 aromatic rings. The van der Waals surface area contributed by atoms with E-state index in [9.17, 15) is 0 Å². The number of nitrogens with one attached hydrogen (secondary N) is 1. The van der Waals surface area contributed by atoms with Gasteiger partial charge in [-0.15, -0.1) is 0 Å². The van der Waals surface area contributed by atoms with Crippen LogP contribution < -0.4 is 11.1 Å². The van der Waals surface area contributed by atoms with E-state index in [0.717, 1.165) is 28.3 Å². The van der Waals surface area contributed by atoms with Crippen LogP contribution in [-0.2, 0) is 6.54 Å². The van der Waals surface area contributed by atoms with Gasteiger partial charge in [-0.05, 0) is 56.2 Å². The van der Waals surface area contributed by atoms with E-state index in [1.807, 2.05) is 37.3 Å². The van der Waals surface area contributed by atoms with Gasteiger partial charge >= 0.3 is 0 Å². The van der Waals surface area contributed by atoms with Crippen molar-refractivity contribution < 1.29 is 0 Å². The quantitative estimate of drug-likeness (QED) is 0.675. The van der Waals surface area contributed by atoms with E-state index in [-0.39, 0.29) is 0 Å². The maximum Gasteiger partial charge on any atom is 0.0597 e. The van der Waals surface area contributed by atoms with Gasteiger partial charge in [0.25, 0.3) is 0 Å². The Labute approximate surface area is 143 Å². The standard InChI is InChI=1S/C21H23N3/c1-14-7-4-11-18(22)20(14)21-15(2)8-5-12-19(21)23-13-17-10-6-9-16(3)24-17/h4-12,23H,13,22H2,1-3H3. The van der Waals surface area contributed by atoms with Crippen LogP contribution in [-0.4, -0.2) is 4.98 Å². The highest BCUT2D eigenvalue weighted by molar-refractivity contribution is 5.89. The van der Waals surface area contributed by atoms with Crippen molar-refractivity contribution in [2.75, 3.05) is 11.1 Å². The van der Waals surface area contributed by atoms with Crippen molar-refractivity contribution in [1.82, 2.24) is 4.98 Å². The summed E-state index contributed by atoms with van der Waals surface area (Å²) in [7, 11) is 0. The molecule has 0 aliphatic carbocycles. The van der Waals surface area contributed by atoms with Gasteiger partial charge in [-0.25, -0.2) is 0 Å². The summed E-state index contributed by atoms with van der Waals surface area (Å²) in [6, 6.07) is 18.4. The van der Waals surface area contributed by atoms with Crippen molar-refractivity contribution in [2.24, 2.45) is 0 Å². The molecule has 0 fully saturated rings. The summed E-state index contributed by atoms with van der Waals surface area (Å²) in [5.74, 6) is 0. The van der Waals surface area contributed by atoms with Crippen molar-refractivity contribution in [3.05, 3.63) is 77.1 Å². The molecular weight excluding hydrogens is 294 g/mol. The second-order valence-corrected chi connectivity index (χ2v) is 6.16. The predicted octanol–water partition coefficient (Wildman–Crippen LogP) is 4.87. The van der Waals surface area contributed by atoms with Gasteiger partial charge < -0.3 is 11.1 Å². The van der Waals surface area contributed by atoms with Crippen LogP contribution >= 0.6 is 0 Å². The number of aryl methyl sites for hydroxylation is 3. The second kappa shape index (κ2) is 6.75. The number of rotatable bonds is 4. The summed E-state index contributed by atoms with van der Waals surface area (Å²) in [5, 5.41) is 3.53. The van der Waals surface area contributed by atoms with Crippen LogP contribution in [0.1, 0.15) is 22.5 Å². The normalized spacial score (nSPS) is 10.6. The summed E-state index contributed by atoms with van der Waals surface area (Å²) in [4.78, 5) is 4.56. The molecule has 0 saturated heterocycles. The molecule has 122 valence electrons. The van der Waals surface area contributed by atoms with Crippen molar-refractivity contribution in [1.29, 1.82) is 0 Å². The highest BCUT2D eigenvalue weighted by atomic mass is 14.9. The van der Waals surface area contributed by atoms with Gasteiger partial charge in [-0.1, -0.05) is 30.3 Å². The molecule has 3 N–H and O–H groups in total. The molecule has 0 spiro atoms. The fraction of sp³-hybridized carbons (Fsp3) is 0.190. The first-order chi connectivity index (χ1) is 11.6. The van der Waals surface area contributed by atoms with E-state index >= 15 is 0 Å². The Balaban J connectivity index is 1.99. The minimum atomic E-state index is 0.684. The first-order valence-electron chi connectivity index (χ1n) is 8.18. The van der Waals surface area contributed by atoms with Crippen molar-refractivity contribution >= 4 is 11.4 Å². The molecule has 0 amide bonds. The molecule has 1 heterocycles. The number of hydrogen-bond acceptors (Lipinski definition) is 3. The Morgan fingerprint density at radius 2 is 1.50 bits per heavy atom. The SMILES string of the molecule is Cc1cccc(CNc2cccc(C)c2-c2c(C)cccc2N)n1. The second-order valence-electron chi connectivity index (χ2n) is 6.16. The van der Waals surface area contributed by atoms with E-state index in [2.05, 4.69) is 48.4 Å². The Kier molecular flexibility index (Phi) is 4.52. The highest BCUT2D eigenvalue weighted by Crippen LogP contribution is 2.37. The zero-order valence-corrected chi connectivity index (χ0v) is 14.4. The molecule has 3 rings (SSSR count). The molecule has 0 aliphatic heterocycles. The Hall–Kier alpha value is -2.81. The number of pyridine rings is 1. The highest BCUT2D eigenvalue weighted by Gasteiger charge is 2.13. The van der Waals surface area contributed by atoms with Gasteiger partial charge in [0.2, 0.25) is 0 Å². The monoisotopic (exact) mass is 317 g/mol. The van der Waals surface area contributed by atoms with Crippen molar-refractivity contribution in [3.8, 4) is 11.1 Å². The third-order valence-electron chi connectivity index (χ3n) is 4.23. The zero-order valence-electron chi connectivity index (χ0n) is 14.4. The smallest absolute Gasteiger partial charge is 0.0597 e. The number of benzene rings is 2. The Bertz CT molecular complexity index is 848. The first kappa shape index (κ1) is 16.1. The molecule has 3 heteroatoms. The molecule has 1 aromatic heterocycles. The van der Waals surface area contributed by atoms with Gasteiger partial charge in [0.05, 0.1) is 12.2 Å². The van der Waals surface area contributed by atoms with Crippen LogP contribution in [0.5, 0.6) is 0 Å². The molecule has 2 aromatic carbocycles. The third kappa shape index (κ3) is 3.25. The minimum absolute atomic E-state index is 0.684. The molecule has 0 radical (unpaired) electrons. The molecule has 0 atom stereocenters. The molecule has 0 aliphatic rings. The molecule has 3 nitrogen and oxygen atoms in total. The van der Waals surface area contributed by atoms with Crippen molar-refractivity contribution in [2.45, 2.75) is 27.3 Å². The van der Waals surface area contributed by atoms with Gasteiger partial charge in [0.1, 0.15) is 0 Å². The van der Waals surface area contributed by atoms with Crippen LogP contribution in [0.4, 0.5) is 11.4 Å². The summed E-state index contributed by atoms with van der Waals surface area (Å²) in [6.45, 7) is 6.92. The van der Waals surface area contributed by atoms with Crippen LogP contribution in [0.25, 0.3) is 11.1 Å². The van der Waals surface area contributed by atoms with E-state index in [1.165, 1.54) is 16.7 Å². The van der Waals surface area contributed by atoms with Crippen LogP contribution in [0, 0.1) is 20.8 Å². The number of hydrogen-bond donors (Lipinski definition) is 2. The third-order valence-corrected chi connectivity index (χ3v) is 4.23. The molecule has 0 unspecified atom stereocenters. The number of nitrogens with two attached hydrogens (primary N) is 1. The summed E-state index contributed by atoms with van der Waals surface area (Å²) in [5.41, 5.74) is 14.9. The topological polar surface area (TPSA) is 50.9 Å². The van der Waals surface area contributed by atoms with Crippen LogP contribution in [0.2, 0.25) is 0 Å². The Morgan fingerprint density at radius 1 is 0.833 bits per heavy atom. The molecule has 0 bridgehead atoms. The number of nitrogens with zero attached hydrogens (tertiary/aromatic N) is 1. The van der Waals surface area contributed by atoms with E-state index in [0.29, 0.717) is 6.54 Å². The van der Waals surface area contributed by atoms with Crippen LogP contribution in [0.15, 0.2) is 54.6 Å². The fourth-order valence-electron chi connectivity index (χ4n) is 3.06. The summed E-state index contributed by atoms with van der Waals surface area (Å²) >= 11 is 0. The van der Waals surface area contributed by atoms with Crippen LogP contribution in [0.3, 0.4) is 0 Å². The summed E-state index contributed by atoms with van der Waals surface area (Å²) in [6.07, 6.45) is 0. The number of anilines is 2. The predicted molar refractivity (Wildman–Crippen MR) is 102 cm³/mol. The lowest BCUT2D eigenvalue weighted by Crippen LogP contribution is -2.05. The molecule has 24 heavy (non-hydrogen) atoms. The average Bonchev–Trinajstić information content (AvgIpc) is 2.54. The zero-order chi connectivity index (χ0) is 17.1. The van der Waals surface area contributed by atoms with E-state index < -0.39 is 0 Å². The maximum atomic E-state index is 6.28. The summed E-state index contributed by atoms with van der Waals surface area (Å²) < 4.78 is 0. The number of aromatic nitrogens is 1. The largest absolute Gasteiger partial charge is 0.398 e. The minimum Gasteiger partial charge on any atom is -0.398 e. The van der Waals surface area contributed by atoms with E-state index in [1.54, 1.807) is 0 Å². The maximum absolute atomic E-state index is 6.28. The first-order valence-corrected chi connectivity index (χ1v) is 8.18.